The fourth-order valence-corrected chi connectivity index (χ4v) is 2.79. The Bertz CT molecular complexity index is 369. The molecule has 2 rings (SSSR count). The second-order valence-electron chi connectivity index (χ2n) is 4.99. The molecule has 2 N–H and O–H groups in total. The molecule has 4 nitrogen and oxygen atoms in total. The minimum Gasteiger partial charge on any atom is -0.344 e. The first kappa shape index (κ1) is 12.5. The maximum atomic E-state index is 12.1. The van der Waals surface area contributed by atoms with Gasteiger partial charge in [-0.05, 0) is 33.2 Å². The molecular weight excluding hydrogens is 234 g/mol. The summed E-state index contributed by atoms with van der Waals surface area (Å²) in [6, 6.07) is 0. The highest BCUT2D eigenvalue weighted by molar-refractivity contribution is 7.09. The van der Waals surface area contributed by atoms with Crippen LogP contribution < -0.4 is 10.6 Å². The van der Waals surface area contributed by atoms with Crippen LogP contribution >= 0.6 is 11.3 Å². The molecule has 0 unspecified atom stereocenters. The van der Waals surface area contributed by atoms with Crippen molar-refractivity contribution in [3.05, 3.63) is 16.6 Å². The Balaban J connectivity index is 1.97. The van der Waals surface area contributed by atoms with Gasteiger partial charge in [-0.1, -0.05) is 0 Å². The van der Waals surface area contributed by atoms with Crippen molar-refractivity contribution in [3.63, 3.8) is 0 Å². The van der Waals surface area contributed by atoms with Gasteiger partial charge in [0.25, 0.3) is 0 Å². The van der Waals surface area contributed by atoms with Gasteiger partial charge in [0.05, 0.1) is 11.5 Å². The third-order valence-electron chi connectivity index (χ3n) is 3.07. The van der Waals surface area contributed by atoms with Crippen LogP contribution in [0.3, 0.4) is 0 Å². The lowest BCUT2D eigenvalue weighted by molar-refractivity contribution is -0.127. The number of amides is 1. The average molecular weight is 253 g/mol. The Morgan fingerprint density at radius 2 is 2.47 bits per heavy atom. The van der Waals surface area contributed by atoms with E-state index in [-0.39, 0.29) is 17.4 Å². The van der Waals surface area contributed by atoms with E-state index in [1.807, 2.05) is 19.2 Å². The number of hydrogen-bond donors (Lipinski definition) is 2. The Morgan fingerprint density at radius 1 is 1.65 bits per heavy atom. The molecular formula is C12H19N3OS. The molecule has 1 amide bonds. The van der Waals surface area contributed by atoms with Crippen molar-refractivity contribution in [2.45, 2.75) is 32.2 Å². The topological polar surface area (TPSA) is 54.0 Å². The first-order valence-corrected chi connectivity index (χ1v) is 6.90. The Morgan fingerprint density at radius 3 is 3.06 bits per heavy atom. The van der Waals surface area contributed by atoms with Crippen LogP contribution in [0.4, 0.5) is 0 Å². The van der Waals surface area contributed by atoms with Gasteiger partial charge in [0.2, 0.25) is 5.91 Å². The molecule has 1 atom stereocenters. The van der Waals surface area contributed by atoms with Crippen LogP contribution in [-0.4, -0.2) is 24.0 Å². The standard InChI is InChI=1S/C12H19N3OS/c1-12(2,11-14-6-7-17-11)15-10(16)9-4-3-5-13-8-9/h6-7,9,13H,3-5,8H2,1-2H3,(H,15,16)/t9-/m1/s1. The number of nitrogens with zero attached hydrogens (tertiary/aromatic N) is 1. The SMILES string of the molecule is CC(C)(NC(=O)[C@@H]1CCCNC1)c1nccs1. The van der Waals surface area contributed by atoms with Crippen LogP contribution in [0, 0.1) is 5.92 Å². The van der Waals surface area contributed by atoms with Crippen molar-refractivity contribution in [1.82, 2.24) is 15.6 Å². The van der Waals surface area contributed by atoms with E-state index in [1.54, 1.807) is 17.5 Å². The monoisotopic (exact) mass is 253 g/mol. The molecule has 5 heteroatoms. The van der Waals surface area contributed by atoms with Gasteiger partial charge >= 0.3 is 0 Å². The average Bonchev–Trinajstić information content (AvgIpc) is 2.84. The van der Waals surface area contributed by atoms with Crippen molar-refractivity contribution >= 4 is 17.2 Å². The second-order valence-corrected chi connectivity index (χ2v) is 5.89. The molecule has 1 saturated heterocycles. The third kappa shape index (κ3) is 3.04. The van der Waals surface area contributed by atoms with Gasteiger partial charge in [-0.2, -0.15) is 0 Å². The molecule has 0 aromatic carbocycles. The lowest BCUT2D eigenvalue weighted by Gasteiger charge is -2.28. The zero-order chi connectivity index (χ0) is 12.3. The fourth-order valence-electron chi connectivity index (χ4n) is 2.07. The quantitative estimate of drug-likeness (QED) is 0.858. The number of thiazole rings is 1. The summed E-state index contributed by atoms with van der Waals surface area (Å²) in [6.07, 6.45) is 3.83. The summed E-state index contributed by atoms with van der Waals surface area (Å²) in [6.45, 7) is 5.82. The number of carbonyl (C=O) groups is 1. The van der Waals surface area contributed by atoms with Gasteiger partial charge < -0.3 is 10.6 Å². The van der Waals surface area contributed by atoms with Crippen molar-refractivity contribution in [3.8, 4) is 0 Å². The van der Waals surface area contributed by atoms with Gasteiger partial charge in [0.15, 0.2) is 0 Å². The summed E-state index contributed by atoms with van der Waals surface area (Å²) >= 11 is 1.58. The van der Waals surface area contributed by atoms with E-state index in [9.17, 15) is 4.79 Å². The van der Waals surface area contributed by atoms with Gasteiger partial charge in [0.1, 0.15) is 5.01 Å². The number of aromatic nitrogens is 1. The summed E-state index contributed by atoms with van der Waals surface area (Å²) < 4.78 is 0. The molecule has 1 aromatic heterocycles. The lowest BCUT2D eigenvalue weighted by atomic mass is 9.97. The van der Waals surface area contributed by atoms with Crippen molar-refractivity contribution in [1.29, 1.82) is 0 Å². The highest BCUT2D eigenvalue weighted by Crippen LogP contribution is 2.23. The predicted octanol–water partition coefficient (Wildman–Crippen LogP) is 1.49. The van der Waals surface area contributed by atoms with Crippen molar-refractivity contribution < 1.29 is 4.79 Å². The van der Waals surface area contributed by atoms with E-state index in [0.29, 0.717) is 0 Å². The highest BCUT2D eigenvalue weighted by Gasteiger charge is 2.29. The van der Waals surface area contributed by atoms with Gasteiger partial charge in [-0.25, -0.2) is 4.98 Å². The van der Waals surface area contributed by atoms with Gasteiger partial charge in [-0.15, -0.1) is 11.3 Å². The molecule has 1 fully saturated rings. The van der Waals surface area contributed by atoms with E-state index < -0.39 is 0 Å². The Kier molecular flexibility index (Phi) is 3.79. The Hall–Kier alpha value is -0.940. The third-order valence-corrected chi connectivity index (χ3v) is 4.17. The molecule has 1 aliphatic rings. The summed E-state index contributed by atoms with van der Waals surface area (Å²) in [5.41, 5.74) is -0.372. The molecule has 1 aliphatic heterocycles. The van der Waals surface area contributed by atoms with E-state index in [2.05, 4.69) is 15.6 Å². The maximum absolute atomic E-state index is 12.1. The fraction of sp³-hybridized carbons (Fsp3) is 0.667. The zero-order valence-corrected chi connectivity index (χ0v) is 11.1. The largest absolute Gasteiger partial charge is 0.344 e. The van der Waals surface area contributed by atoms with E-state index >= 15 is 0 Å². The first-order valence-electron chi connectivity index (χ1n) is 6.02. The minimum atomic E-state index is -0.372. The molecule has 0 bridgehead atoms. The molecule has 0 aliphatic carbocycles. The lowest BCUT2D eigenvalue weighted by Crippen LogP contribution is -2.47. The number of carbonyl (C=O) groups excluding carboxylic acids is 1. The van der Waals surface area contributed by atoms with Crippen molar-refractivity contribution in [2.75, 3.05) is 13.1 Å². The Labute approximate surface area is 106 Å². The second kappa shape index (κ2) is 5.14. The van der Waals surface area contributed by atoms with Gasteiger partial charge in [0, 0.05) is 18.1 Å². The molecule has 0 spiro atoms. The summed E-state index contributed by atoms with van der Waals surface area (Å²) in [5, 5.41) is 9.25. The van der Waals surface area contributed by atoms with Crippen LogP contribution in [0.5, 0.6) is 0 Å². The van der Waals surface area contributed by atoms with Crippen LogP contribution in [0.25, 0.3) is 0 Å². The van der Waals surface area contributed by atoms with E-state index in [0.717, 1.165) is 30.9 Å². The minimum absolute atomic E-state index is 0.1000. The maximum Gasteiger partial charge on any atom is 0.225 e. The zero-order valence-electron chi connectivity index (χ0n) is 10.3. The van der Waals surface area contributed by atoms with Gasteiger partial charge in [-0.3, -0.25) is 4.79 Å². The summed E-state index contributed by atoms with van der Waals surface area (Å²) in [5.74, 6) is 0.236. The molecule has 2 heterocycles. The van der Waals surface area contributed by atoms with Crippen molar-refractivity contribution in [2.24, 2.45) is 5.92 Å². The van der Waals surface area contributed by atoms with E-state index in [1.165, 1.54) is 0 Å². The molecule has 0 radical (unpaired) electrons. The van der Waals surface area contributed by atoms with Crippen LogP contribution in [0.1, 0.15) is 31.7 Å². The van der Waals surface area contributed by atoms with Crippen LogP contribution in [0.2, 0.25) is 0 Å². The normalized spacial score (nSPS) is 21.2. The highest BCUT2D eigenvalue weighted by atomic mass is 32.1. The summed E-state index contributed by atoms with van der Waals surface area (Å²) in [4.78, 5) is 16.4. The molecule has 94 valence electrons. The molecule has 17 heavy (non-hydrogen) atoms. The number of hydrogen-bond acceptors (Lipinski definition) is 4. The van der Waals surface area contributed by atoms with E-state index in [4.69, 9.17) is 0 Å². The smallest absolute Gasteiger partial charge is 0.225 e. The number of rotatable bonds is 3. The summed E-state index contributed by atoms with van der Waals surface area (Å²) in [7, 11) is 0. The molecule has 0 saturated carbocycles. The molecule has 1 aromatic rings. The predicted molar refractivity (Wildman–Crippen MR) is 68.9 cm³/mol. The van der Waals surface area contributed by atoms with Crippen LogP contribution in [-0.2, 0) is 10.3 Å². The van der Waals surface area contributed by atoms with Crippen LogP contribution in [0.15, 0.2) is 11.6 Å². The first-order chi connectivity index (χ1) is 8.09. The number of nitrogens with one attached hydrogen (secondary N) is 2. The number of piperidine rings is 1.